The molecule has 1 aromatic heterocycles. The van der Waals surface area contributed by atoms with E-state index in [-0.39, 0.29) is 28.9 Å². The molecule has 2 aromatic rings. The van der Waals surface area contributed by atoms with Crippen molar-refractivity contribution < 1.29 is 28.6 Å². The molecular weight excluding hydrogens is 350 g/mol. The van der Waals surface area contributed by atoms with Gasteiger partial charge in [-0.05, 0) is 45.4 Å². The topological polar surface area (TPSA) is 106 Å². The second-order valence-electron chi connectivity index (χ2n) is 6.77. The Kier molecular flexibility index (Phi) is 5.03. The highest BCUT2D eigenvalue weighted by atomic mass is 16.5. The number of carboxylic acid groups (broad SMARTS) is 1. The van der Waals surface area contributed by atoms with Crippen molar-refractivity contribution in [3.8, 4) is 5.75 Å². The molecule has 0 fully saturated rings. The number of carboxylic acids is 1. The van der Waals surface area contributed by atoms with Crippen molar-refractivity contribution in [1.82, 2.24) is 0 Å². The zero-order valence-electron chi connectivity index (χ0n) is 15.4. The van der Waals surface area contributed by atoms with Crippen LogP contribution in [0.1, 0.15) is 69.3 Å². The first-order valence-corrected chi connectivity index (χ1v) is 8.78. The van der Waals surface area contributed by atoms with Gasteiger partial charge in [0.05, 0.1) is 22.9 Å². The minimum absolute atomic E-state index is 0.0201. The van der Waals surface area contributed by atoms with E-state index >= 15 is 0 Å². The van der Waals surface area contributed by atoms with Crippen molar-refractivity contribution in [2.75, 3.05) is 5.32 Å². The highest BCUT2D eigenvalue weighted by Gasteiger charge is 2.29. The number of aryl methyl sites for hydroxylation is 1. The van der Waals surface area contributed by atoms with Gasteiger partial charge in [0.1, 0.15) is 11.5 Å². The number of hydrogen-bond donors (Lipinski definition) is 2. The van der Waals surface area contributed by atoms with Crippen LogP contribution in [0.15, 0.2) is 22.6 Å². The Labute approximate surface area is 156 Å². The lowest BCUT2D eigenvalue weighted by Crippen LogP contribution is -2.16. The molecule has 0 radical (unpaired) electrons. The number of aromatic carboxylic acids is 1. The maximum absolute atomic E-state index is 12.8. The monoisotopic (exact) mass is 371 g/mol. The molecule has 0 aliphatic heterocycles. The number of ketones is 1. The fourth-order valence-electron chi connectivity index (χ4n) is 3.16. The standard InChI is InChI=1S/C20H21NO6/c1-10(2)26-15-8-7-12(20(24)25)9-13(15)21-19(23)18-11(3)17-14(22)5-4-6-16(17)27-18/h7-10H,4-6H2,1-3H3,(H,21,23)(H,24,25). The lowest BCUT2D eigenvalue weighted by molar-refractivity contribution is 0.0696. The van der Waals surface area contributed by atoms with E-state index in [0.717, 1.165) is 0 Å². The van der Waals surface area contributed by atoms with Crippen molar-refractivity contribution in [2.45, 2.75) is 46.1 Å². The maximum Gasteiger partial charge on any atom is 0.335 e. The minimum Gasteiger partial charge on any atom is -0.489 e. The Morgan fingerprint density at radius 2 is 2.00 bits per heavy atom. The Morgan fingerprint density at radius 1 is 1.26 bits per heavy atom. The largest absolute Gasteiger partial charge is 0.489 e. The molecule has 27 heavy (non-hydrogen) atoms. The van der Waals surface area contributed by atoms with Crippen LogP contribution < -0.4 is 10.1 Å². The number of nitrogens with one attached hydrogen (secondary N) is 1. The van der Waals surface area contributed by atoms with Gasteiger partial charge in [0.25, 0.3) is 5.91 Å². The molecule has 2 N–H and O–H groups in total. The molecule has 0 spiro atoms. The first kappa shape index (κ1) is 18.7. The van der Waals surface area contributed by atoms with E-state index in [1.807, 2.05) is 13.8 Å². The molecule has 0 bridgehead atoms. The number of benzene rings is 1. The summed E-state index contributed by atoms with van der Waals surface area (Å²) in [5, 5.41) is 11.9. The van der Waals surface area contributed by atoms with Gasteiger partial charge >= 0.3 is 5.97 Å². The van der Waals surface area contributed by atoms with E-state index in [4.69, 9.17) is 9.15 Å². The lowest BCUT2D eigenvalue weighted by Gasteiger charge is -2.15. The molecule has 0 atom stereocenters. The van der Waals surface area contributed by atoms with E-state index in [2.05, 4.69) is 5.32 Å². The Morgan fingerprint density at radius 3 is 2.63 bits per heavy atom. The Hall–Kier alpha value is -3.09. The number of carbonyl (C=O) groups excluding carboxylic acids is 2. The van der Waals surface area contributed by atoms with Gasteiger partial charge in [-0.3, -0.25) is 9.59 Å². The zero-order chi connectivity index (χ0) is 19.7. The average Bonchev–Trinajstić information content (AvgIpc) is 2.94. The first-order valence-electron chi connectivity index (χ1n) is 8.78. The summed E-state index contributed by atoms with van der Waals surface area (Å²) in [5.41, 5.74) is 1.25. The second kappa shape index (κ2) is 7.26. The third-order valence-corrected chi connectivity index (χ3v) is 4.35. The number of carbonyl (C=O) groups is 3. The number of fused-ring (bicyclic) bond motifs is 1. The minimum atomic E-state index is -1.11. The van der Waals surface area contributed by atoms with Crippen molar-refractivity contribution in [2.24, 2.45) is 0 Å². The van der Waals surface area contributed by atoms with Crippen LogP contribution in [-0.2, 0) is 6.42 Å². The number of Topliss-reactive ketones (excluding diaryl/α,β-unsaturated/α-hetero) is 1. The van der Waals surface area contributed by atoms with Gasteiger partial charge in [-0.25, -0.2) is 4.79 Å². The Balaban J connectivity index is 1.95. The smallest absolute Gasteiger partial charge is 0.335 e. The fourth-order valence-corrected chi connectivity index (χ4v) is 3.16. The third-order valence-electron chi connectivity index (χ3n) is 4.35. The highest BCUT2D eigenvalue weighted by Crippen LogP contribution is 2.32. The summed E-state index contributed by atoms with van der Waals surface area (Å²) < 4.78 is 11.3. The molecule has 1 aliphatic rings. The summed E-state index contributed by atoms with van der Waals surface area (Å²) >= 11 is 0. The summed E-state index contributed by atoms with van der Waals surface area (Å²) in [4.78, 5) is 36.1. The molecule has 1 amide bonds. The predicted molar refractivity (Wildman–Crippen MR) is 97.8 cm³/mol. The molecular formula is C20H21NO6. The number of amides is 1. The van der Waals surface area contributed by atoms with E-state index in [0.29, 0.717) is 41.9 Å². The maximum atomic E-state index is 12.8. The SMILES string of the molecule is Cc1c(C(=O)Nc2cc(C(=O)O)ccc2OC(C)C)oc2c1C(=O)CCC2. The molecule has 0 saturated carbocycles. The molecule has 1 aliphatic carbocycles. The van der Waals surface area contributed by atoms with Crippen molar-refractivity contribution in [3.05, 3.63) is 46.4 Å². The fraction of sp³-hybridized carbons (Fsp3) is 0.350. The van der Waals surface area contributed by atoms with E-state index in [9.17, 15) is 19.5 Å². The molecule has 0 unspecified atom stereocenters. The quantitative estimate of drug-likeness (QED) is 0.827. The molecule has 7 nitrogen and oxygen atoms in total. The Bertz CT molecular complexity index is 925. The lowest BCUT2D eigenvalue weighted by atomic mass is 9.94. The van der Waals surface area contributed by atoms with E-state index in [1.54, 1.807) is 6.92 Å². The second-order valence-corrected chi connectivity index (χ2v) is 6.77. The number of rotatable bonds is 5. The number of hydrogen-bond acceptors (Lipinski definition) is 5. The van der Waals surface area contributed by atoms with Crippen LogP contribution in [0.3, 0.4) is 0 Å². The number of ether oxygens (including phenoxy) is 1. The van der Waals surface area contributed by atoms with Gasteiger partial charge in [0, 0.05) is 18.4 Å². The molecule has 7 heteroatoms. The van der Waals surface area contributed by atoms with Crippen LogP contribution in [0.5, 0.6) is 5.75 Å². The van der Waals surface area contributed by atoms with Crippen molar-refractivity contribution in [1.29, 1.82) is 0 Å². The molecule has 1 heterocycles. The highest BCUT2D eigenvalue weighted by molar-refractivity contribution is 6.08. The summed E-state index contributed by atoms with van der Waals surface area (Å²) in [5.74, 6) is -0.734. The predicted octanol–water partition coefficient (Wildman–Crippen LogP) is 3.84. The normalized spacial score (nSPS) is 13.4. The number of anilines is 1. The van der Waals surface area contributed by atoms with Crippen LogP contribution in [0.2, 0.25) is 0 Å². The summed E-state index contributed by atoms with van der Waals surface area (Å²) in [6, 6.07) is 4.25. The van der Waals surface area contributed by atoms with Gasteiger partial charge in [-0.1, -0.05) is 0 Å². The molecule has 0 saturated heterocycles. The summed E-state index contributed by atoms with van der Waals surface area (Å²) in [7, 11) is 0. The zero-order valence-corrected chi connectivity index (χ0v) is 15.4. The summed E-state index contributed by atoms with van der Waals surface area (Å²) in [6.45, 7) is 5.33. The van der Waals surface area contributed by atoms with Crippen LogP contribution in [0.25, 0.3) is 0 Å². The van der Waals surface area contributed by atoms with Crippen LogP contribution in [0, 0.1) is 6.92 Å². The first-order chi connectivity index (χ1) is 12.8. The van der Waals surface area contributed by atoms with Crippen LogP contribution in [-0.4, -0.2) is 28.9 Å². The van der Waals surface area contributed by atoms with Gasteiger partial charge in [0.15, 0.2) is 11.5 Å². The van der Waals surface area contributed by atoms with Crippen molar-refractivity contribution >= 4 is 23.3 Å². The van der Waals surface area contributed by atoms with E-state index in [1.165, 1.54) is 18.2 Å². The van der Waals surface area contributed by atoms with Gasteiger partial charge < -0.3 is 19.6 Å². The van der Waals surface area contributed by atoms with Gasteiger partial charge in [-0.2, -0.15) is 0 Å². The molecule has 3 rings (SSSR count). The summed E-state index contributed by atoms with van der Waals surface area (Å²) in [6.07, 6.45) is 1.60. The number of furan rings is 1. The average molecular weight is 371 g/mol. The third kappa shape index (κ3) is 3.72. The van der Waals surface area contributed by atoms with Gasteiger partial charge in [0.2, 0.25) is 0 Å². The van der Waals surface area contributed by atoms with Crippen LogP contribution >= 0.6 is 0 Å². The van der Waals surface area contributed by atoms with E-state index < -0.39 is 11.9 Å². The van der Waals surface area contributed by atoms with Crippen molar-refractivity contribution in [3.63, 3.8) is 0 Å². The van der Waals surface area contributed by atoms with Crippen LogP contribution in [0.4, 0.5) is 5.69 Å². The molecule has 1 aromatic carbocycles. The van der Waals surface area contributed by atoms with Gasteiger partial charge in [-0.15, -0.1) is 0 Å². The molecule has 142 valence electrons.